The number of nitrogens with zero attached hydrogens (tertiary/aromatic N) is 4. The van der Waals surface area contributed by atoms with Gasteiger partial charge in [0.15, 0.2) is 11.6 Å². The van der Waals surface area contributed by atoms with Crippen LogP contribution in [0.2, 0.25) is 0 Å². The van der Waals surface area contributed by atoms with E-state index in [9.17, 15) is 9.59 Å². The largest absolute Gasteiger partial charge is 0.493 e. The van der Waals surface area contributed by atoms with E-state index in [1.165, 1.54) is 12.8 Å². The van der Waals surface area contributed by atoms with Crippen molar-refractivity contribution < 1.29 is 14.3 Å². The smallest absolute Gasteiger partial charge is 0.253 e. The Hall–Kier alpha value is -3.36. The van der Waals surface area contributed by atoms with E-state index < -0.39 is 0 Å². The van der Waals surface area contributed by atoms with Gasteiger partial charge in [0, 0.05) is 31.4 Å². The molecule has 0 radical (unpaired) electrons. The van der Waals surface area contributed by atoms with Crippen molar-refractivity contribution in [3.8, 4) is 5.75 Å². The van der Waals surface area contributed by atoms with Crippen LogP contribution >= 0.6 is 0 Å². The predicted molar refractivity (Wildman–Crippen MR) is 131 cm³/mol. The van der Waals surface area contributed by atoms with E-state index in [4.69, 9.17) is 4.74 Å². The fourth-order valence-corrected chi connectivity index (χ4v) is 5.04. The molecule has 3 heterocycles. The first-order chi connectivity index (χ1) is 16.5. The standard InChI is InChI=1S/C25H32N6O3/c1-4-18-25(33)30(2)20-14-26-22(12-19(20)31(18)17-7-5-6-8-17)29-23-21(34-3)11-15(13-27-23)24(32)28-16-9-10-16/h11-14,16-18H,4-10H2,1-3H3,(H,28,32)(H,26,27,29). The zero-order valence-electron chi connectivity index (χ0n) is 20.0. The summed E-state index contributed by atoms with van der Waals surface area (Å²) in [6.07, 6.45) is 10.7. The molecule has 1 unspecified atom stereocenters. The normalized spacial score (nSPS) is 20.3. The van der Waals surface area contributed by atoms with E-state index >= 15 is 0 Å². The molecule has 2 amide bonds. The summed E-state index contributed by atoms with van der Waals surface area (Å²) in [6.45, 7) is 2.07. The minimum absolute atomic E-state index is 0.118. The second kappa shape index (κ2) is 9.12. The first-order valence-electron chi connectivity index (χ1n) is 12.2. The molecular formula is C25H32N6O3. The molecule has 0 saturated heterocycles. The highest BCUT2D eigenvalue weighted by molar-refractivity contribution is 6.05. The zero-order valence-corrected chi connectivity index (χ0v) is 20.0. The fraction of sp³-hybridized carbons (Fsp3) is 0.520. The maximum atomic E-state index is 13.1. The van der Waals surface area contributed by atoms with Crippen LogP contribution in [-0.2, 0) is 4.79 Å². The summed E-state index contributed by atoms with van der Waals surface area (Å²) >= 11 is 0. The molecular weight excluding hydrogens is 432 g/mol. The summed E-state index contributed by atoms with van der Waals surface area (Å²) in [7, 11) is 3.37. The third kappa shape index (κ3) is 4.15. The molecule has 5 rings (SSSR count). The van der Waals surface area contributed by atoms with E-state index in [0.29, 0.717) is 29.0 Å². The number of hydrogen-bond acceptors (Lipinski definition) is 7. The van der Waals surface area contributed by atoms with Gasteiger partial charge < -0.3 is 25.2 Å². The Labute approximate surface area is 199 Å². The van der Waals surface area contributed by atoms with E-state index in [0.717, 1.165) is 43.5 Å². The van der Waals surface area contributed by atoms with Crippen molar-refractivity contribution in [1.82, 2.24) is 15.3 Å². The van der Waals surface area contributed by atoms with Crippen LogP contribution in [0.15, 0.2) is 24.5 Å². The molecule has 2 saturated carbocycles. The van der Waals surface area contributed by atoms with Crippen molar-refractivity contribution in [3.05, 3.63) is 30.1 Å². The highest BCUT2D eigenvalue weighted by Crippen LogP contribution is 2.42. The maximum Gasteiger partial charge on any atom is 0.253 e. The molecule has 0 aromatic carbocycles. The monoisotopic (exact) mass is 464 g/mol. The number of pyridine rings is 2. The minimum atomic E-state index is -0.173. The van der Waals surface area contributed by atoms with Gasteiger partial charge in [-0.3, -0.25) is 9.59 Å². The van der Waals surface area contributed by atoms with Crippen molar-refractivity contribution in [2.45, 2.75) is 70.0 Å². The highest BCUT2D eigenvalue weighted by Gasteiger charge is 2.40. The number of ether oxygens (including phenoxy) is 1. The number of fused-ring (bicyclic) bond motifs is 1. The van der Waals surface area contributed by atoms with Crippen LogP contribution in [0.3, 0.4) is 0 Å². The molecule has 2 N–H and O–H groups in total. The Balaban J connectivity index is 1.45. The third-order valence-corrected chi connectivity index (χ3v) is 7.05. The van der Waals surface area contributed by atoms with Crippen LogP contribution in [0.5, 0.6) is 5.75 Å². The van der Waals surface area contributed by atoms with E-state index in [1.54, 1.807) is 30.5 Å². The predicted octanol–water partition coefficient (Wildman–Crippen LogP) is 3.63. The van der Waals surface area contributed by atoms with Gasteiger partial charge in [-0.1, -0.05) is 19.8 Å². The molecule has 3 aliphatic rings. The quantitative estimate of drug-likeness (QED) is 0.645. The Morgan fingerprint density at radius 1 is 1.12 bits per heavy atom. The average Bonchev–Trinajstić information content (AvgIpc) is 3.50. The molecule has 34 heavy (non-hydrogen) atoms. The summed E-state index contributed by atoms with van der Waals surface area (Å²) in [5, 5.41) is 6.22. The van der Waals surface area contributed by atoms with Crippen LogP contribution in [0.4, 0.5) is 23.0 Å². The van der Waals surface area contributed by atoms with Crippen molar-refractivity contribution in [2.24, 2.45) is 0 Å². The molecule has 2 aromatic rings. The molecule has 9 heteroatoms. The van der Waals surface area contributed by atoms with Crippen LogP contribution in [0.1, 0.15) is 62.2 Å². The molecule has 1 aliphatic heterocycles. The number of aromatic nitrogens is 2. The van der Waals surface area contributed by atoms with Crippen molar-refractivity contribution in [2.75, 3.05) is 29.3 Å². The van der Waals surface area contributed by atoms with Gasteiger partial charge >= 0.3 is 0 Å². The number of carbonyl (C=O) groups excluding carboxylic acids is 2. The van der Waals surface area contributed by atoms with E-state index in [1.807, 2.05) is 13.1 Å². The Kier molecular flexibility index (Phi) is 6.02. The number of nitrogens with one attached hydrogen (secondary N) is 2. The van der Waals surface area contributed by atoms with Gasteiger partial charge in [-0.2, -0.15) is 0 Å². The van der Waals surface area contributed by atoms with Crippen LogP contribution in [-0.4, -0.2) is 54.1 Å². The van der Waals surface area contributed by atoms with Gasteiger partial charge in [0.1, 0.15) is 11.9 Å². The fourth-order valence-electron chi connectivity index (χ4n) is 5.04. The molecule has 1 atom stereocenters. The lowest BCUT2D eigenvalue weighted by molar-refractivity contribution is -0.120. The third-order valence-electron chi connectivity index (χ3n) is 7.05. The van der Waals surface area contributed by atoms with Gasteiger partial charge in [-0.05, 0) is 38.2 Å². The van der Waals surface area contributed by atoms with Crippen molar-refractivity contribution in [1.29, 1.82) is 0 Å². The van der Waals surface area contributed by atoms with E-state index in [2.05, 4.69) is 32.4 Å². The van der Waals surface area contributed by atoms with Crippen molar-refractivity contribution >= 4 is 34.8 Å². The van der Waals surface area contributed by atoms with Crippen LogP contribution in [0, 0.1) is 0 Å². The Morgan fingerprint density at radius 3 is 2.56 bits per heavy atom. The summed E-state index contributed by atoms with van der Waals surface area (Å²) in [6, 6.07) is 4.14. The topological polar surface area (TPSA) is 99.7 Å². The number of amides is 2. The number of anilines is 4. The van der Waals surface area contributed by atoms with Crippen LogP contribution < -0.4 is 25.2 Å². The first kappa shape index (κ1) is 22.4. The minimum Gasteiger partial charge on any atom is -0.493 e. The average molecular weight is 465 g/mol. The summed E-state index contributed by atoms with van der Waals surface area (Å²) in [5.74, 6) is 1.54. The van der Waals surface area contributed by atoms with Gasteiger partial charge in [-0.25, -0.2) is 9.97 Å². The summed E-state index contributed by atoms with van der Waals surface area (Å²) < 4.78 is 5.51. The number of hydrogen-bond donors (Lipinski definition) is 2. The van der Waals surface area contributed by atoms with Gasteiger partial charge in [0.05, 0.1) is 30.2 Å². The molecule has 2 aromatic heterocycles. The number of likely N-dealkylation sites (N-methyl/N-ethyl adjacent to an activating group) is 1. The molecule has 0 bridgehead atoms. The Morgan fingerprint density at radius 2 is 1.88 bits per heavy atom. The van der Waals surface area contributed by atoms with E-state index in [-0.39, 0.29) is 23.9 Å². The second-order valence-electron chi connectivity index (χ2n) is 9.37. The van der Waals surface area contributed by atoms with Gasteiger partial charge in [0.2, 0.25) is 5.91 Å². The van der Waals surface area contributed by atoms with Crippen LogP contribution in [0.25, 0.3) is 0 Å². The SMILES string of the molecule is CCC1C(=O)N(C)c2cnc(Nc3ncc(C(=O)NC4CC4)cc3OC)cc2N1C1CCCC1. The lowest BCUT2D eigenvalue weighted by atomic mass is 10.0. The molecule has 2 fully saturated rings. The number of carbonyl (C=O) groups is 2. The lowest BCUT2D eigenvalue weighted by Gasteiger charge is -2.44. The zero-order chi connectivity index (χ0) is 23.8. The molecule has 2 aliphatic carbocycles. The summed E-state index contributed by atoms with van der Waals surface area (Å²) in [4.78, 5) is 38.5. The summed E-state index contributed by atoms with van der Waals surface area (Å²) in [5.41, 5.74) is 2.29. The highest BCUT2D eigenvalue weighted by atomic mass is 16.5. The maximum absolute atomic E-state index is 13.1. The number of rotatable bonds is 7. The molecule has 180 valence electrons. The van der Waals surface area contributed by atoms with Gasteiger partial charge in [0.25, 0.3) is 5.91 Å². The second-order valence-corrected chi connectivity index (χ2v) is 9.37. The number of methoxy groups -OCH3 is 1. The Bertz CT molecular complexity index is 1100. The van der Waals surface area contributed by atoms with Crippen molar-refractivity contribution in [3.63, 3.8) is 0 Å². The molecule has 9 nitrogen and oxygen atoms in total. The molecule has 0 spiro atoms. The van der Waals surface area contributed by atoms with Gasteiger partial charge in [-0.15, -0.1) is 0 Å². The first-order valence-corrected chi connectivity index (χ1v) is 12.2. The lowest BCUT2D eigenvalue weighted by Crippen LogP contribution is -2.55.